The fraction of sp³-hybridized carbons (Fsp3) is 0.231. The Labute approximate surface area is 197 Å². The Kier molecular flexibility index (Phi) is 7.83. The normalized spacial score (nSPS) is 11.2. The molecule has 1 atom stereocenters. The van der Waals surface area contributed by atoms with E-state index in [1.54, 1.807) is 38.1 Å². The van der Waals surface area contributed by atoms with Gasteiger partial charge in [-0.3, -0.25) is 14.4 Å². The first-order valence-electron chi connectivity index (χ1n) is 10.7. The molecule has 0 fully saturated rings. The van der Waals surface area contributed by atoms with Crippen LogP contribution in [0.15, 0.2) is 59.4 Å². The molecule has 8 heteroatoms. The van der Waals surface area contributed by atoms with Crippen LogP contribution in [0.25, 0.3) is 0 Å². The van der Waals surface area contributed by atoms with E-state index >= 15 is 0 Å². The molecule has 1 heterocycles. The molecule has 0 saturated heterocycles. The fourth-order valence-electron chi connectivity index (χ4n) is 3.43. The van der Waals surface area contributed by atoms with Crippen LogP contribution < -0.4 is 15.6 Å². The maximum Gasteiger partial charge on any atom is 0.306 e. The van der Waals surface area contributed by atoms with Crippen molar-refractivity contribution in [2.75, 3.05) is 5.32 Å². The van der Waals surface area contributed by atoms with E-state index < -0.39 is 23.5 Å². The number of benzene rings is 2. The number of aromatic nitrogens is 1. The number of aryl methyl sites for hydroxylation is 1. The number of nitrogens with one attached hydrogen (secondary N) is 2. The Bertz CT molecular complexity index is 1270. The van der Waals surface area contributed by atoms with E-state index in [4.69, 9.17) is 14.7 Å². The van der Waals surface area contributed by atoms with E-state index in [9.17, 15) is 14.4 Å². The van der Waals surface area contributed by atoms with Crippen molar-refractivity contribution in [1.82, 2.24) is 4.98 Å². The molecule has 2 N–H and O–H groups in total. The van der Waals surface area contributed by atoms with E-state index in [1.165, 1.54) is 6.92 Å². The molecule has 34 heavy (non-hydrogen) atoms. The molecule has 1 unspecified atom stereocenters. The zero-order valence-corrected chi connectivity index (χ0v) is 19.2. The highest BCUT2D eigenvalue weighted by atomic mass is 16.5. The number of esters is 1. The van der Waals surface area contributed by atoms with Crippen molar-refractivity contribution < 1.29 is 19.1 Å². The summed E-state index contributed by atoms with van der Waals surface area (Å²) < 4.78 is 11.0. The minimum absolute atomic E-state index is 0.00172. The van der Waals surface area contributed by atoms with Crippen LogP contribution in [0, 0.1) is 25.2 Å². The molecule has 0 bridgehead atoms. The maximum absolute atomic E-state index is 12.4. The van der Waals surface area contributed by atoms with Gasteiger partial charge in [-0.1, -0.05) is 18.2 Å². The smallest absolute Gasteiger partial charge is 0.306 e. The number of rotatable bonds is 8. The van der Waals surface area contributed by atoms with Gasteiger partial charge in [0.15, 0.2) is 6.10 Å². The number of H-pyrrole nitrogens is 1. The van der Waals surface area contributed by atoms with Gasteiger partial charge < -0.3 is 19.8 Å². The van der Waals surface area contributed by atoms with Gasteiger partial charge in [0.25, 0.3) is 11.5 Å². The largest absolute Gasteiger partial charge is 0.457 e. The van der Waals surface area contributed by atoms with Crippen molar-refractivity contribution in [3.63, 3.8) is 0 Å². The second-order valence-electron chi connectivity index (χ2n) is 7.73. The van der Waals surface area contributed by atoms with Gasteiger partial charge in [-0.25, -0.2) is 0 Å². The van der Waals surface area contributed by atoms with Crippen molar-refractivity contribution in [2.45, 2.75) is 39.7 Å². The van der Waals surface area contributed by atoms with Crippen LogP contribution in [0.5, 0.6) is 11.5 Å². The van der Waals surface area contributed by atoms with Crippen LogP contribution in [0.2, 0.25) is 0 Å². The van der Waals surface area contributed by atoms with Crippen molar-refractivity contribution in [3.05, 3.63) is 87.3 Å². The second kappa shape index (κ2) is 11.0. The highest BCUT2D eigenvalue weighted by Gasteiger charge is 2.19. The van der Waals surface area contributed by atoms with Gasteiger partial charge in [0, 0.05) is 17.8 Å². The summed E-state index contributed by atoms with van der Waals surface area (Å²) in [4.78, 5) is 39.2. The lowest BCUT2D eigenvalue weighted by atomic mass is 9.99. The Morgan fingerprint density at radius 2 is 1.71 bits per heavy atom. The SMILES string of the molecule is Cc1[nH]c(=O)c(C#N)c(C)c1CCC(=O)OC(C)C(=O)Nc1ccc(Oc2ccccc2)cc1. The Hall–Kier alpha value is -4.38. The Morgan fingerprint density at radius 3 is 2.35 bits per heavy atom. The summed E-state index contributed by atoms with van der Waals surface area (Å²) in [6.07, 6.45) is -0.721. The van der Waals surface area contributed by atoms with Crippen molar-refractivity contribution in [1.29, 1.82) is 5.26 Å². The van der Waals surface area contributed by atoms with Gasteiger partial charge in [0.2, 0.25) is 0 Å². The number of anilines is 1. The topological polar surface area (TPSA) is 121 Å². The molecule has 1 aromatic heterocycles. The van der Waals surface area contributed by atoms with Gasteiger partial charge in [0.05, 0.1) is 0 Å². The third-order valence-corrected chi connectivity index (χ3v) is 5.28. The third kappa shape index (κ3) is 6.11. The summed E-state index contributed by atoms with van der Waals surface area (Å²) in [7, 11) is 0. The van der Waals surface area contributed by atoms with E-state index in [0.29, 0.717) is 34.0 Å². The first-order valence-corrected chi connectivity index (χ1v) is 10.7. The second-order valence-corrected chi connectivity index (χ2v) is 7.73. The average molecular weight is 460 g/mol. The molecule has 3 aromatic rings. The first kappa shape index (κ1) is 24.3. The minimum Gasteiger partial charge on any atom is -0.457 e. The lowest BCUT2D eigenvalue weighted by Crippen LogP contribution is -2.30. The molecular weight excluding hydrogens is 434 g/mol. The Balaban J connectivity index is 1.52. The molecular formula is C26H25N3O5. The van der Waals surface area contributed by atoms with Gasteiger partial charge in [-0.05, 0) is 74.7 Å². The fourth-order valence-corrected chi connectivity index (χ4v) is 3.43. The van der Waals surface area contributed by atoms with Crippen LogP contribution in [0.3, 0.4) is 0 Å². The van der Waals surface area contributed by atoms with Gasteiger partial charge in [-0.2, -0.15) is 5.26 Å². The van der Waals surface area contributed by atoms with Crippen LogP contribution in [-0.2, 0) is 20.7 Å². The van der Waals surface area contributed by atoms with Crippen molar-refractivity contribution in [2.24, 2.45) is 0 Å². The molecule has 3 rings (SSSR count). The zero-order valence-electron chi connectivity index (χ0n) is 19.2. The van der Waals surface area contributed by atoms with Crippen LogP contribution in [-0.4, -0.2) is 23.0 Å². The minimum atomic E-state index is -1.000. The van der Waals surface area contributed by atoms with Crippen LogP contribution in [0.1, 0.15) is 35.7 Å². The summed E-state index contributed by atoms with van der Waals surface area (Å²) in [5, 5.41) is 11.9. The predicted molar refractivity (Wildman–Crippen MR) is 127 cm³/mol. The van der Waals surface area contributed by atoms with E-state index in [1.807, 2.05) is 36.4 Å². The summed E-state index contributed by atoms with van der Waals surface area (Å²) in [6.45, 7) is 4.88. The lowest BCUT2D eigenvalue weighted by molar-refractivity contribution is -0.153. The number of aromatic amines is 1. The highest BCUT2D eigenvalue weighted by molar-refractivity contribution is 5.95. The molecule has 0 aliphatic carbocycles. The summed E-state index contributed by atoms with van der Waals surface area (Å²) >= 11 is 0. The number of carbonyl (C=O) groups is 2. The number of ether oxygens (including phenoxy) is 2. The quantitative estimate of drug-likeness (QED) is 0.488. The number of nitriles is 1. The number of hydrogen-bond donors (Lipinski definition) is 2. The molecule has 0 saturated carbocycles. The van der Waals surface area contributed by atoms with E-state index in [0.717, 1.165) is 0 Å². The number of hydrogen-bond acceptors (Lipinski definition) is 6. The number of nitrogens with zero attached hydrogens (tertiary/aromatic N) is 1. The average Bonchev–Trinajstić information content (AvgIpc) is 2.81. The van der Waals surface area contributed by atoms with E-state index in [2.05, 4.69) is 10.3 Å². The molecule has 0 radical (unpaired) electrons. The molecule has 0 aliphatic heterocycles. The van der Waals surface area contributed by atoms with Gasteiger partial charge in [0.1, 0.15) is 23.1 Å². The monoisotopic (exact) mass is 459 g/mol. The first-order chi connectivity index (χ1) is 16.3. The number of pyridine rings is 1. The van der Waals surface area contributed by atoms with Gasteiger partial charge >= 0.3 is 5.97 Å². The molecule has 0 spiro atoms. The predicted octanol–water partition coefficient (Wildman–Crippen LogP) is 4.16. The highest BCUT2D eigenvalue weighted by Crippen LogP contribution is 2.23. The Morgan fingerprint density at radius 1 is 1.06 bits per heavy atom. The molecule has 174 valence electrons. The van der Waals surface area contributed by atoms with Crippen molar-refractivity contribution in [3.8, 4) is 17.6 Å². The summed E-state index contributed by atoms with van der Waals surface area (Å²) in [5.41, 5.74) is 1.97. The van der Waals surface area contributed by atoms with Gasteiger partial charge in [-0.15, -0.1) is 0 Å². The third-order valence-electron chi connectivity index (χ3n) is 5.28. The van der Waals surface area contributed by atoms with Crippen LogP contribution in [0.4, 0.5) is 5.69 Å². The molecule has 1 amide bonds. The van der Waals surface area contributed by atoms with Crippen LogP contribution >= 0.6 is 0 Å². The van der Waals surface area contributed by atoms with E-state index in [-0.39, 0.29) is 18.4 Å². The molecule has 2 aromatic carbocycles. The molecule has 0 aliphatic rings. The number of carbonyl (C=O) groups excluding carboxylic acids is 2. The molecule has 8 nitrogen and oxygen atoms in total. The maximum atomic E-state index is 12.4. The standard InChI is InChI=1S/C26H25N3O5/c1-16-22(17(2)28-26(32)23(16)15-27)13-14-24(30)33-18(3)25(31)29-19-9-11-21(12-10-19)34-20-7-5-4-6-8-20/h4-12,18H,13-14H2,1-3H3,(H,28,32)(H,29,31). The summed E-state index contributed by atoms with van der Waals surface area (Å²) in [5.74, 6) is 0.304. The lowest BCUT2D eigenvalue weighted by Gasteiger charge is -2.15. The van der Waals surface area contributed by atoms with Crippen molar-refractivity contribution >= 4 is 17.6 Å². The summed E-state index contributed by atoms with van der Waals surface area (Å²) in [6, 6.07) is 18.1. The zero-order chi connectivity index (χ0) is 24.7. The number of amides is 1. The number of para-hydroxylation sites is 1.